The number of nitrogens with zero attached hydrogens (tertiary/aromatic N) is 2. The van der Waals surface area contributed by atoms with Crippen LogP contribution in [0.1, 0.15) is 33.6 Å². The minimum absolute atomic E-state index is 0. The van der Waals surface area contributed by atoms with Crippen molar-refractivity contribution < 1.29 is 0 Å². The lowest BCUT2D eigenvalue weighted by Gasteiger charge is -2.38. The summed E-state index contributed by atoms with van der Waals surface area (Å²) in [6.07, 6.45) is 2.67. The van der Waals surface area contributed by atoms with Crippen molar-refractivity contribution in [2.75, 3.05) is 45.8 Å². The lowest BCUT2D eigenvalue weighted by molar-refractivity contribution is 0.0947. The van der Waals surface area contributed by atoms with E-state index in [0.717, 1.165) is 6.04 Å². The largest absolute Gasteiger partial charge is 0.315 e. The Kier molecular flexibility index (Phi) is 6.39. The number of halogens is 1. The first-order valence-electron chi connectivity index (χ1n) is 7.22. The summed E-state index contributed by atoms with van der Waals surface area (Å²) in [5.41, 5.74) is 0.479. The molecule has 0 saturated carbocycles. The fraction of sp³-hybridized carbons (Fsp3) is 1.00. The third-order valence-corrected chi connectivity index (χ3v) is 4.14. The van der Waals surface area contributed by atoms with Crippen LogP contribution in [0.2, 0.25) is 0 Å². The molecule has 1 unspecified atom stereocenters. The Balaban J connectivity index is 0.00000162. The van der Waals surface area contributed by atoms with Crippen LogP contribution in [-0.2, 0) is 0 Å². The normalized spacial score (nSPS) is 27.2. The Hall–Kier alpha value is 0.170. The van der Waals surface area contributed by atoms with Crippen molar-refractivity contribution in [3.8, 4) is 0 Å². The summed E-state index contributed by atoms with van der Waals surface area (Å²) in [5, 5.41) is 3.47. The Labute approximate surface area is 119 Å². The van der Waals surface area contributed by atoms with Crippen LogP contribution in [0.15, 0.2) is 0 Å². The maximum absolute atomic E-state index is 3.47. The fourth-order valence-corrected chi connectivity index (χ4v) is 2.80. The summed E-state index contributed by atoms with van der Waals surface area (Å²) >= 11 is 0. The van der Waals surface area contributed by atoms with Gasteiger partial charge >= 0.3 is 0 Å². The van der Waals surface area contributed by atoms with Gasteiger partial charge < -0.3 is 10.2 Å². The quantitative estimate of drug-likeness (QED) is 0.848. The van der Waals surface area contributed by atoms with E-state index in [1.807, 2.05) is 0 Å². The van der Waals surface area contributed by atoms with Crippen LogP contribution >= 0.6 is 12.4 Å². The summed E-state index contributed by atoms with van der Waals surface area (Å²) in [7, 11) is 0. The summed E-state index contributed by atoms with van der Waals surface area (Å²) in [6.45, 7) is 15.8. The molecule has 3 nitrogen and oxygen atoms in total. The van der Waals surface area contributed by atoms with Crippen LogP contribution in [0.4, 0.5) is 0 Å². The summed E-state index contributed by atoms with van der Waals surface area (Å²) < 4.78 is 0. The third kappa shape index (κ3) is 5.04. The first-order chi connectivity index (χ1) is 8.04. The average molecular weight is 276 g/mol. The molecule has 108 valence electrons. The molecule has 2 aliphatic rings. The highest BCUT2D eigenvalue weighted by atomic mass is 35.5. The highest BCUT2D eigenvalue weighted by Gasteiger charge is 2.26. The zero-order valence-corrected chi connectivity index (χ0v) is 13.1. The second-order valence-corrected chi connectivity index (χ2v) is 6.83. The molecule has 0 spiro atoms. The van der Waals surface area contributed by atoms with Crippen LogP contribution in [0, 0.1) is 5.41 Å². The van der Waals surface area contributed by atoms with Gasteiger partial charge in [-0.25, -0.2) is 0 Å². The van der Waals surface area contributed by atoms with E-state index >= 15 is 0 Å². The van der Waals surface area contributed by atoms with Gasteiger partial charge in [-0.15, -0.1) is 12.4 Å². The zero-order valence-electron chi connectivity index (χ0n) is 12.2. The molecule has 2 rings (SSSR count). The highest BCUT2D eigenvalue weighted by Crippen LogP contribution is 2.20. The van der Waals surface area contributed by atoms with Gasteiger partial charge in [0.05, 0.1) is 0 Å². The molecule has 1 atom stereocenters. The molecule has 0 aromatic heterocycles. The van der Waals surface area contributed by atoms with Gasteiger partial charge in [0, 0.05) is 38.8 Å². The molecule has 0 bridgehead atoms. The second-order valence-electron chi connectivity index (χ2n) is 6.83. The molecule has 0 aromatic carbocycles. The van der Waals surface area contributed by atoms with Crippen LogP contribution in [0.3, 0.4) is 0 Å². The molecule has 2 heterocycles. The lowest BCUT2D eigenvalue weighted by Crippen LogP contribution is -2.51. The van der Waals surface area contributed by atoms with E-state index in [9.17, 15) is 0 Å². The van der Waals surface area contributed by atoms with Gasteiger partial charge in [-0.3, -0.25) is 4.90 Å². The Morgan fingerprint density at radius 2 is 1.78 bits per heavy atom. The first-order valence-corrected chi connectivity index (χ1v) is 7.22. The second kappa shape index (κ2) is 7.09. The van der Waals surface area contributed by atoms with E-state index in [2.05, 4.69) is 35.9 Å². The van der Waals surface area contributed by atoms with E-state index in [4.69, 9.17) is 0 Å². The molecule has 0 amide bonds. The molecule has 1 N–H and O–H groups in total. The van der Waals surface area contributed by atoms with Crippen LogP contribution in [-0.4, -0.2) is 61.7 Å². The Morgan fingerprint density at radius 1 is 1.11 bits per heavy atom. The van der Waals surface area contributed by atoms with Crippen LogP contribution in [0.25, 0.3) is 0 Å². The van der Waals surface area contributed by atoms with Crippen molar-refractivity contribution in [1.29, 1.82) is 0 Å². The van der Waals surface area contributed by atoms with E-state index in [-0.39, 0.29) is 12.4 Å². The molecule has 0 aromatic rings. The average Bonchev–Trinajstić information content (AvgIpc) is 2.79. The van der Waals surface area contributed by atoms with Crippen molar-refractivity contribution in [2.45, 2.75) is 39.7 Å². The van der Waals surface area contributed by atoms with Gasteiger partial charge in [0.2, 0.25) is 0 Å². The molecule has 2 aliphatic heterocycles. The van der Waals surface area contributed by atoms with E-state index in [1.165, 1.54) is 58.7 Å². The molecule has 0 aliphatic carbocycles. The number of hydrogen-bond donors (Lipinski definition) is 1. The van der Waals surface area contributed by atoms with Gasteiger partial charge in [0.25, 0.3) is 0 Å². The van der Waals surface area contributed by atoms with Crippen molar-refractivity contribution in [3.05, 3.63) is 0 Å². The van der Waals surface area contributed by atoms with E-state index in [1.54, 1.807) is 0 Å². The molecule has 2 saturated heterocycles. The fourth-order valence-electron chi connectivity index (χ4n) is 2.80. The first kappa shape index (κ1) is 16.2. The topological polar surface area (TPSA) is 18.5 Å². The number of piperazine rings is 1. The van der Waals surface area contributed by atoms with Crippen molar-refractivity contribution in [2.24, 2.45) is 5.41 Å². The number of rotatable bonds is 3. The van der Waals surface area contributed by atoms with Gasteiger partial charge in [-0.05, 0) is 31.3 Å². The molecule has 2 fully saturated rings. The predicted molar refractivity (Wildman–Crippen MR) is 80.6 cm³/mol. The summed E-state index contributed by atoms with van der Waals surface area (Å²) in [5.74, 6) is 0. The molecule has 4 heteroatoms. The van der Waals surface area contributed by atoms with Crippen LogP contribution in [0.5, 0.6) is 0 Å². The van der Waals surface area contributed by atoms with E-state index < -0.39 is 0 Å². The SMILES string of the molecule is CC(C)(C)CCN1CCN(C2CCNC2)CC1.Cl. The molecular weight excluding hydrogens is 246 g/mol. The van der Waals surface area contributed by atoms with Gasteiger partial charge in [-0.1, -0.05) is 20.8 Å². The Bertz CT molecular complexity index is 226. The zero-order chi connectivity index (χ0) is 12.3. The van der Waals surface area contributed by atoms with Crippen LogP contribution < -0.4 is 5.32 Å². The third-order valence-electron chi connectivity index (χ3n) is 4.14. The number of nitrogens with one attached hydrogen (secondary N) is 1. The molecule has 0 radical (unpaired) electrons. The van der Waals surface area contributed by atoms with Crippen molar-refractivity contribution in [3.63, 3.8) is 0 Å². The maximum atomic E-state index is 3.47. The lowest BCUT2D eigenvalue weighted by atomic mass is 9.92. The minimum atomic E-state index is 0. The minimum Gasteiger partial charge on any atom is -0.315 e. The summed E-state index contributed by atoms with van der Waals surface area (Å²) in [4.78, 5) is 5.33. The maximum Gasteiger partial charge on any atom is 0.0233 e. The van der Waals surface area contributed by atoms with Crippen molar-refractivity contribution in [1.82, 2.24) is 15.1 Å². The standard InChI is InChI=1S/C14H29N3.ClH/c1-14(2,3)5-7-16-8-10-17(11-9-16)13-4-6-15-12-13;/h13,15H,4-12H2,1-3H3;1H. The van der Waals surface area contributed by atoms with Crippen molar-refractivity contribution >= 4 is 12.4 Å². The van der Waals surface area contributed by atoms with Gasteiger partial charge in [0.15, 0.2) is 0 Å². The summed E-state index contributed by atoms with van der Waals surface area (Å²) in [6, 6.07) is 0.819. The Morgan fingerprint density at radius 3 is 2.28 bits per heavy atom. The van der Waals surface area contributed by atoms with Gasteiger partial charge in [0.1, 0.15) is 0 Å². The monoisotopic (exact) mass is 275 g/mol. The van der Waals surface area contributed by atoms with E-state index in [0.29, 0.717) is 5.41 Å². The number of hydrogen-bond acceptors (Lipinski definition) is 3. The molecular formula is C14H30ClN3. The molecule has 18 heavy (non-hydrogen) atoms. The highest BCUT2D eigenvalue weighted by molar-refractivity contribution is 5.85. The predicted octanol–water partition coefficient (Wildman–Crippen LogP) is 1.82. The van der Waals surface area contributed by atoms with Gasteiger partial charge in [-0.2, -0.15) is 0 Å². The smallest absolute Gasteiger partial charge is 0.0233 e.